The second kappa shape index (κ2) is 9.46. The minimum atomic E-state index is -0.376. The van der Waals surface area contributed by atoms with Crippen LogP contribution < -0.4 is 14.8 Å². The van der Waals surface area contributed by atoms with Crippen molar-refractivity contribution >= 4 is 11.8 Å². The summed E-state index contributed by atoms with van der Waals surface area (Å²) in [6.07, 6.45) is 6.24. The fraction of sp³-hybridized carbons (Fsp3) is 0.481. The normalized spacial score (nSPS) is 24.4. The van der Waals surface area contributed by atoms with Crippen LogP contribution in [0.5, 0.6) is 11.5 Å². The van der Waals surface area contributed by atoms with Gasteiger partial charge in [0.15, 0.2) is 11.5 Å². The zero-order valence-electron chi connectivity index (χ0n) is 19.1. The lowest BCUT2D eigenvalue weighted by Gasteiger charge is -2.30. The lowest BCUT2D eigenvalue weighted by atomic mass is 9.84. The van der Waals surface area contributed by atoms with Crippen molar-refractivity contribution in [1.82, 2.24) is 10.2 Å². The van der Waals surface area contributed by atoms with E-state index in [1.54, 1.807) is 0 Å². The fourth-order valence-corrected chi connectivity index (χ4v) is 5.53. The van der Waals surface area contributed by atoms with Crippen LogP contribution in [-0.4, -0.2) is 42.1 Å². The third kappa shape index (κ3) is 5.00. The van der Waals surface area contributed by atoms with Crippen molar-refractivity contribution in [3.05, 3.63) is 59.7 Å². The van der Waals surface area contributed by atoms with E-state index in [2.05, 4.69) is 35.6 Å². The topological polar surface area (TPSA) is 67.9 Å². The van der Waals surface area contributed by atoms with E-state index in [-0.39, 0.29) is 24.1 Å². The molecule has 0 unspecified atom stereocenters. The van der Waals surface area contributed by atoms with Crippen LogP contribution in [0.1, 0.15) is 62.0 Å². The van der Waals surface area contributed by atoms with Crippen molar-refractivity contribution in [2.75, 3.05) is 19.9 Å². The average molecular weight is 449 g/mol. The van der Waals surface area contributed by atoms with Gasteiger partial charge in [-0.05, 0) is 67.7 Å². The van der Waals surface area contributed by atoms with Crippen LogP contribution in [0.4, 0.5) is 0 Å². The Kier molecular flexibility index (Phi) is 6.25. The van der Waals surface area contributed by atoms with Crippen molar-refractivity contribution < 1.29 is 19.1 Å². The van der Waals surface area contributed by atoms with Gasteiger partial charge in [-0.15, -0.1) is 0 Å². The maximum atomic E-state index is 13.2. The molecule has 2 amide bonds. The van der Waals surface area contributed by atoms with Crippen LogP contribution in [0.2, 0.25) is 0 Å². The molecule has 0 aromatic heterocycles. The predicted molar refractivity (Wildman–Crippen MR) is 125 cm³/mol. The number of ether oxygens (including phenoxy) is 2. The molecule has 0 aliphatic carbocycles. The Balaban J connectivity index is 1.20. The molecule has 2 atom stereocenters. The molecule has 0 saturated carbocycles. The quantitative estimate of drug-likeness (QED) is 0.720. The van der Waals surface area contributed by atoms with Gasteiger partial charge in [-0.25, -0.2) is 0 Å². The number of carbonyl (C=O) groups is 2. The highest BCUT2D eigenvalue weighted by Gasteiger charge is 2.38. The first-order valence-electron chi connectivity index (χ1n) is 12.1. The van der Waals surface area contributed by atoms with Gasteiger partial charge in [0, 0.05) is 31.5 Å². The molecule has 2 saturated heterocycles. The summed E-state index contributed by atoms with van der Waals surface area (Å²) in [5.41, 5.74) is 2.09. The Morgan fingerprint density at radius 2 is 1.91 bits per heavy atom. The number of fused-ring (bicyclic) bond motifs is 1. The largest absolute Gasteiger partial charge is 0.454 e. The number of nitrogens with one attached hydrogen (secondary N) is 1. The fourth-order valence-electron chi connectivity index (χ4n) is 5.53. The molecule has 3 aliphatic heterocycles. The number of hydrogen-bond acceptors (Lipinski definition) is 4. The summed E-state index contributed by atoms with van der Waals surface area (Å²) in [5, 5.41) is 3.20. The second-order valence-corrected chi connectivity index (χ2v) is 9.61. The van der Waals surface area contributed by atoms with Crippen LogP contribution in [0, 0.1) is 0 Å². The minimum absolute atomic E-state index is 0.0728. The highest BCUT2D eigenvalue weighted by molar-refractivity contribution is 5.80. The molecule has 2 fully saturated rings. The van der Waals surface area contributed by atoms with Gasteiger partial charge < -0.3 is 19.7 Å². The van der Waals surface area contributed by atoms with E-state index < -0.39 is 0 Å². The summed E-state index contributed by atoms with van der Waals surface area (Å²) >= 11 is 0. The second-order valence-electron chi connectivity index (χ2n) is 9.61. The molecule has 3 heterocycles. The Labute approximate surface area is 195 Å². The average Bonchev–Trinajstić information content (AvgIpc) is 3.36. The molecule has 33 heavy (non-hydrogen) atoms. The van der Waals surface area contributed by atoms with E-state index in [4.69, 9.17) is 9.47 Å². The summed E-state index contributed by atoms with van der Waals surface area (Å²) in [6, 6.07) is 16.6. The molecule has 3 aliphatic rings. The summed E-state index contributed by atoms with van der Waals surface area (Å²) in [6.45, 7) is 1.87. The summed E-state index contributed by atoms with van der Waals surface area (Å²) in [5.74, 6) is 2.31. The molecule has 0 radical (unpaired) electrons. The molecule has 6 heteroatoms. The maximum absolute atomic E-state index is 13.2. The van der Waals surface area contributed by atoms with Crippen LogP contribution >= 0.6 is 0 Å². The van der Waals surface area contributed by atoms with Crippen molar-refractivity contribution in [3.8, 4) is 11.5 Å². The molecule has 2 aromatic rings. The monoisotopic (exact) mass is 448 g/mol. The van der Waals surface area contributed by atoms with Gasteiger partial charge >= 0.3 is 0 Å². The lowest BCUT2D eigenvalue weighted by Crippen LogP contribution is -2.45. The maximum Gasteiger partial charge on any atom is 0.231 e. The Bertz CT molecular complexity index is 1010. The number of benzene rings is 2. The minimum Gasteiger partial charge on any atom is -0.454 e. The molecule has 174 valence electrons. The lowest BCUT2D eigenvalue weighted by molar-refractivity contribution is -0.131. The molecule has 2 aromatic carbocycles. The molecule has 0 bridgehead atoms. The highest BCUT2D eigenvalue weighted by Crippen LogP contribution is 2.36. The van der Waals surface area contributed by atoms with E-state index >= 15 is 0 Å². The number of hydrogen-bond donors (Lipinski definition) is 1. The number of likely N-dealkylation sites (tertiary alicyclic amines) is 1. The van der Waals surface area contributed by atoms with Gasteiger partial charge in [0.05, 0.1) is 0 Å². The van der Waals surface area contributed by atoms with E-state index in [1.165, 1.54) is 5.56 Å². The Hall–Kier alpha value is -3.02. The predicted octanol–water partition coefficient (Wildman–Crippen LogP) is 4.18. The first kappa shape index (κ1) is 21.8. The van der Waals surface area contributed by atoms with Gasteiger partial charge in [0.25, 0.3) is 0 Å². The van der Waals surface area contributed by atoms with E-state index in [0.717, 1.165) is 55.8 Å². The Morgan fingerprint density at radius 1 is 1.06 bits per heavy atom. The zero-order chi connectivity index (χ0) is 22.7. The zero-order valence-corrected chi connectivity index (χ0v) is 19.1. The van der Waals surface area contributed by atoms with E-state index in [1.807, 2.05) is 23.1 Å². The van der Waals surface area contributed by atoms with Crippen LogP contribution in [-0.2, 0) is 16.0 Å². The summed E-state index contributed by atoms with van der Waals surface area (Å²) in [4.78, 5) is 27.3. The molecule has 5 rings (SSSR count). The number of carbonyl (C=O) groups excluding carboxylic acids is 2. The van der Waals surface area contributed by atoms with Crippen molar-refractivity contribution in [3.63, 3.8) is 0 Å². The Morgan fingerprint density at radius 3 is 2.73 bits per heavy atom. The van der Waals surface area contributed by atoms with Crippen molar-refractivity contribution in [1.29, 1.82) is 0 Å². The highest BCUT2D eigenvalue weighted by atomic mass is 16.7. The number of rotatable bonds is 6. The van der Waals surface area contributed by atoms with Crippen LogP contribution in [0.15, 0.2) is 48.5 Å². The van der Waals surface area contributed by atoms with Gasteiger partial charge in [-0.2, -0.15) is 0 Å². The van der Waals surface area contributed by atoms with Gasteiger partial charge in [0.1, 0.15) is 0 Å². The SMILES string of the molecule is O=C1CC[C@](CCC(=O)N2CCC[C@@H](c3ccccc3)CC2)(Cc2ccc3c(c2)OCO3)N1. The smallest absolute Gasteiger partial charge is 0.231 e. The molecular weight excluding hydrogens is 416 g/mol. The summed E-state index contributed by atoms with van der Waals surface area (Å²) in [7, 11) is 0. The molecular formula is C27H32N2O4. The molecule has 1 N–H and O–H groups in total. The standard InChI is InChI=1S/C27H32N2O4/c30-25-10-13-27(28-25,18-20-8-9-23-24(17-20)33-19-32-23)14-11-26(31)29-15-4-7-22(12-16-29)21-5-2-1-3-6-21/h1-3,5-6,8-9,17,22H,4,7,10-16,18-19H2,(H,28,30)/t22-,27+/m1/s1. The third-order valence-electron chi connectivity index (χ3n) is 7.38. The van der Waals surface area contributed by atoms with Gasteiger partial charge in [-0.3, -0.25) is 9.59 Å². The van der Waals surface area contributed by atoms with Crippen molar-refractivity contribution in [2.45, 2.75) is 62.8 Å². The first-order chi connectivity index (χ1) is 16.1. The first-order valence-corrected chi connectivity index (χ1v) is 12.1. The number of nitrogens with zero attached hydrogens (tertiary/aromatic N) is 1. The van der Waals surface area contributed by atoms with Gasteiger partial charge in [0.2, 0.25) is 18.6 Å². The molecule has 6 nitrogen and oxygen atoms in total. The molecule has 0 spiro atoms. The number of amides is 2. The van der Waals surface area contributed by atoms with E-state index in [0.29, 0.717) is 31.6 Å². The summed E-state index contributed by atoms with van der Waals surface area (Å²) < 4.78 is 10.9. The van der Waals surface area contributed by atoms with E-state index in [9.17, 15) is 9.59 Å². The van der Waals surface area contributed by atoms with Crippen LogP contribution in [0.3, 0.4) is 0 Å². The van der Waals surface area contributed by atoms with Crippen LogP contribution in [0.25, 0.3) is 0 Å². The van der Waals surface area contributed by atoms with Gasteiger partial charge in [-0.1, -0.05) is 36.4 Å². The van der Waals surface area contributed by atoms with Crippen molar-refractivity contribution in [2.24, 2.45) is 0 Å². The third-order valence-corrected chi connectivity index (χ3v) is 7.38.